The smallest absolute Gasteiger partial charge is 0.0215 e. The van der Waals surface area contributed by atoms with E-state index in [4.69, 9.17) is 0 Å². The van der Waals surface area contributed by atoms with Crippen molar-refractivity contribution in [1.82, 2.24) is 0 Å². The van der Waals surface area contributed by atoms with E-state index in [2.05, 4.69) is 62.4 Å². The lowest BCUT2D eigenvalue weighted by Crippen LogP contribution is -2.26. The zero-order valence-corrected chi connectivity index (χ0v) is 23.1. The Hall–Kier alpha value is -2.08. The van der Waals surface area contributed by atoms with Crippen LogP contribution in [0.2, 0.25) is 0 Å². The van der Waals surface area contributed by atoms with Gasteiger partial charge in [0.25, 0.3) is 0 Å². The minimum Gasteiger partial charge on any atom is -0.0616 e. The van der Waals surface area contributed by atoms with Crippen LogP contribution in [0.5, 0.6) is 0 Å². The van der Waals surface area contributed by atoms with Crippen molar-refractivity contribution in [3.8, 4) is 11.1 Å². The highest BCUT2D eigenvalue weighted by molar-refractivity contribution is 6.04. The topological polar surface area (TPSA) is 0 Å². The summed E-state index contributed by atoms with van der Waals surface area (Å²) in [6.45, 7) is 4.63. The first kappa shape index (κ1) is 25.6. The van der Waals surface area contributed by atoms with Crippen molar-refractivity contribution < 1.29 is 0 Å². The maximum Gasteiger partial charge on any atom is 0.0215 e. The number of rotatable bonds is 0. The molecule has 192 valence electrons. The van der Waals surface area contributed by atoms with Gasteiger partial charge in [-0.1, -0.05) is 150 Å². The molecule has 5 rings (SSSR count). The van der Waals surface area contributed by atoms with Gasteiger partial charge in [0.05, 0.1) is 0 Å². The normalized spacial score (nSPS) is 19.9. The van der Waals surface area contributed by atoms with Gasteiger partial charge in [0, 0.05) is 5.41 Å². The molecular weight excluding hydrogens is 432 g/mol. The third-order valence-corrected chi connectivity index (χ3v) is 9.43. The lowest BCUT2D eigenvalue weighted by molar-refractivity contribution is 0.395. The van der Waals surface area contributed by atoms with Gasteiger partial charge in [-0.2, -0.15) is 0 Å². The Labute approximate surface area is 220 Å². The third-order valence-electron chi connectivity index (χ3n) is 9.43. The van der Waals surface area contributed by atoms with Crippen LogP contribution in [-0.2, 0) is 5.41 Å². The minimum atomic E-state index is 0.191. The molecular formula is C36H48. The predicted octanol–water partition coefficient (Wildman–Crippen LogP) is 11.4. The summed E-state index contributed by atoms with van der Waals surface area (Å²) in [5.41, 5.74) is 9.42. The van der Waals surface area contributed by atoms with Gasteiger partial charge in [-0.15, -0.1) is 0 Å². The van der Waals surface area contributed by atoms with Crippen LogP contribution in [0, 0.1) is 13.8 Å². The average molecular weight is 481 g/mol. The summed E-state index contributed by atoms with van der Waals surface area (Å²) in [7, 11) is 0. The molecule has 0 aliphatic heterocycles. The van der Waals surface area contributed by atoms with E-state index >= 15 is 0 Å². The first-order valence-electron chi connectivity index (χ1n) is 15.3. The summed E-state index contributed by atoms with van der Waals surface area (Å²) in [6.07, 6.45) is 24.0. The standard InChI is InChI=1S/C36H48/c1-28-22-23-32-33(26-28)36(34-27-29(2)30-20-16-17-21-31(30)35(32)34)24-18-14-12-10-8-6-4-3-5-7-9-11-13-15-19-25-36/h16-17,20-23,26-27H,3-15,18-19,24-25H2,1-2H3. The fraction of sp³-hybridized carbons (Fsp3) is 0.556. The van der Waals surface area contributed by atoms with E-state index in [-0.39, 0.29) is 5.41 Å². The van der Waals surface area contributed by atoms with E-state index in [1.165, 1.54) is 137 Å². The van der Waals surface area contributed by atoms with Crippen molar-refractivity contribution >= 4 is 10.8 Å². The second kappa shape index (κ2) is 12.0. The highest BCUT2D eigenvalue weighted by Gasteiger charge is 2.43. The van der Waals surface area contributed by atoms with E-state index in [0.29, 0.717) is 0 Å². The Morgan fingerprint density at radius 2 is 1.00 bits per heavy atom. The molecule has 3 aromatic carbocycles. The lowest BCUT2D eigenvalue weighted by Gasteiger charge is -2.33. The quantitative estimate of drug-likeness (QED) is 0.300. The van der Waals surface area contributed by atoms with Crippen LogP contribution in [0.15, 0.2) is 48.5 Å². The summed E-state index contributed by atoms with van der Waals surface area (Å²) in [5.74, 6) is 0. The Morgan fingerprint density at radius 1 is 0.500 bits per heavy atom. The van der Waals surface area contributed by atoms with E-state index < -0.39 is 0 Å². The van der Waals surface area contributed by atoms with Gasteiger partial charge in [-0.3, -0.25) is 0 Å². The van der Waals surface area contributed by atoms with Crippen molar-refractivity contribution in [2.75, 3.05) is 0 Å². The second-order valence-electron chi connectivity index (χ2n) is 12.1. The van der Waals surface area contributed by atoms with Gasteiger partial charge in [0.1, 0.15) is 0 Å². The molecule has 0 N–H and O–H groups in total. The molecule has 0 aromatic heterocycles. The van der Waals surface area contributed by atoms with Crippen LogP contribution in [0.25, 0.3) is 21.9 Å². The minimum absolute atomic E-state index is 0.191. The highest BCUT2D eigenvalue weighted by atomic mass is 14.5. The molecule has 0 amide bonds. The molecule has 0 heteroatoms. The van der Waals surface area contributed by atoms with Crippen molar-refractivity contribution in [2.45, 2.75) is 128 Å². The van der Waals surface area contributed by atoms with Gasteiger partial charge >= 0.3 is 0 Å². The monoisotopic (exact) mass is 480 g/mol. The molecule has 1 fully saturated rings. The summed E-state index contributed by atoms with van der Waals surface area (Å²) in [5, 5.41) is 2.90. The molecule has 3 aromatic rings. The molecule has 0 bridgehead atoms. The molecule has 0 heterocycles. The summed E-state index contributed by atoms with van der Waals surface area (Å²) in [4.78, 5) is 0. The van der Waals surface area contributed by atoms with E-state index in [1.54, 1.807) is 16.7 Å². The molecule has 0 nitrogen and oxygen atoms in total. The third kappa shape index (κ3) is 5.29. The molecule has 2 aliphatic carbocycles. The van der Waals surface area contributed by atoms with Crippen LogP contribution >= 0.6 is 0 Å². The fourth-order valence-corrected chi connectivity index (χ4v) is 7.46. The Morgan fingerprint density at radius 3 is 1.56 bits per heavy atom. The molecule has 0 saturated heterocycles. The fourth-order valence-electron chi connectivity index (χ4n) is 7.46. The van der Waals surface area contributed by atoms with Crippen LogP contribution < -0.4 is 0 Å². The number of aryl methyl sites for hydroxylation is 2. The maximum atomic E-state index is 2.60. The van der Waals surface area contributed by atoms with Gasteiger partial charge in [0.2, 0.25) is 0 Å². The zero-order valence-electron chi connectivity index (χ0n) is 23.1. The molecule has 0 radical (unpaired) electrons. The zero-order chi connectivity index (χ0) is 24.8. The molecule has 0 atom stereocenters. The number of hydrogen-bond acceptors (Lipinski definition) is 0. The molecule has 0 unspecified atom stereocenters. The molecule has 1 saturated carbocycles. The van der Waals surface area contributed by atoms with Crippen LogP contribution in [-0.4, -0.2) is 0 Å². The van der Waals surface area contributed by atoms with Gasteiger partial charge in [-0.05, 0) is 65.3 Å². The van der Waals surface area contributed by atoms with Crippen molar-refractivity contribution in [2.24, 2.45) is 0 Å². The molecule has 1 spiro atoms. The van der Waals surface area contributed by atoms with Crippen molar-refractivity contribution in [1.29, 1.82) is 0 Å². The lowest BCUT2D eigenvalue weighted by atomic mass is 9.70. The first-order chi connectivity index (χ1) is 17.7. The van der Waals surface area contributed by atoms with E-state index in [9.17, 15) is 0 Å². The average Bonchev–Trinajstić information content (AvgIpc) is 3.14. The number of fused-ring (bicyclic) bond motifs is 7. The Balaban J connectivity index is 1.51. The number of hydrogen-bond donors (Lipinski definition) is 0. The first-order valence-corrected chi connectivity index (χ1v) is 15.3. The van der Waals surface area contributed by atoms with Crippen molar-refractivity contribution in [3.63, 3.8) is 0 Å². The summed E-state index contributed by atoms with van der Waals surface area (Å²) in [6, 6.07) is 19.1. The summed E-state index contributed by atoms with van der Waals surface area (Å²) >= 11 is 0. The predicted molar refractivity (Wildman–Crippen MR) is 158 cm³/mol. The summed E-state index contributed by atoms with van der Waals surface area (Å²) < 4.78 is 0. The maximum absolute atomic E-state index is 2.60. The second-order valence-corrected chi connectivity index (χ2v) is 12.1. The van der Waals surface area contributed by atoms with Gasteiger partial charge < -0.3 is 0 Å². The highest BCUT2D eigenvalue weighted by Crippen LogP contribution is 2.56. The Kier molecular flexibility index (Phi) is 8.51. The van der Waals surface area contributed by atoms with Crippen LogP contribution in [0.3, 0.4) is 0 Å². The molecule has 36 heavy (non-hydrogen) atoms. The molecule has 2 aliphatic rings. The SMILES string of the molecule is Cc1ccc2c(c1)C1(CCCCCCCCCCCCCCCCC1)c1cc(C)c3ccccc3c1-2. The van der Waals surface area contributed by atoms with Gasteiger partial charge in [-0.25, -0.2) is 0 Å². The van der Waals surface area contributed by atoms with Crippen molar-refractivity contribution in [3.05, 3.63) is 70.8 Å². The number of benzene rings is 3. The van der Waals surface area contributed by atoms with Crippen LogP contribution in [0.4, 0.5) is 0 Å². The van der Waals surface area contributed by atoms with E-state index in [1.807, 2.05) is 0 Å². The Bertz CT molecular complexity index is 1130. The van der Waals surface area contributed by atoms with Crippen LogP contribution in [0.1, 0.15) is 131 Å². The van der Waals surface area contributed by atoms with Gasteiger partial charge in [0.15, 0.2) is 0 Å². The largest absolute Gasteiger partial charge is 0.0616 e. The van der Waals surface area contributed by atoms with E-state index in [0.717, 1.165) is 0 Å².